The Kier molecular flexibility index (Phi) is 28.9. The molecule has 0 aliphatic heterocycles. The van der Waals surface area contributed by atoms with E-state index in [-0.39, 0.29) is 6.17 Å². The van der Waals surface area contributed by atoms with Crippen molar-refractivity contribution in [2.24, 2.45) is 5.73 Å². The highest BCUT2D eigenvalue weighted by Gasteiger charge is 2.01. The van der Waals surface area contributed by atoms with E-state index < -0.39 is 0 Å². The van der Waals surface area contributed by atoms with Gasteiger partial charge in [0.15, 0.2) is 0 Å². The lowest BCUT2D eigenvalue weighted by Gasteiger charge is -2.13. The van der Waals surface area contributed by atoms with Crippen molar-refractivity contribution in [1.29, 1.82) is 0 Å². The zero-order valence-corrected chi connectivity index (χ0v) is 22.7. The minimum atomic E-state index is 0.218. The second-order valence-electron chi connectivity index (χ2n) is 10.5. The third kappa shape index (κ3) is 28.0. The van der Waals surface area contributed by atoms with Crippen molar-refractivity contribution < 1.29 is 0 Å². The van der Waals surface area contributed by atoms with Crippen molar-refractivity contribution in [3.8, 4) is 0 Å². The van der Waals surface area contributed by atoms with E-state index in [0.717, 1.165) is 13.0 Å². The molecule has 0 fully saturated rings. The van der Waals surface area contributed by atoms with Crippen LogP contribution in [0.2, 0.25) is 0 Å². The molecule has 2 heteroatoms. The average molecular weight is 453 g/mol. The van der Waals surface area contributed by atoms with E-state index in [1.807, 2.05) is 0 Å². The standard InChI is InChI=1S/C30H64N2/c1-3-5-7-9-11-13-15-17-18-20-22-24-26-28-30(31)32-29-27-25-23-21-19-16-14-12-10-8-6-4-2/h30,32H,3-29,31H2,1-2H3. The molecule has 1 unspecified atom stereocenters. The summed E-state index contributed by atoms with van der Waals surface area (Å²) in [5.74, 6) is 0. The van der Waals surface area contributed by atoms with Crippen LogP contribution in [0.4, 0.5) is 0 Å². The van der Waals surface area contributed by atoms with Gasteiger partial charge in [-0.05, 0) is 19.4 Å². The first-order valence-corrected chi connectivity index (χ1v) is 15.3. The van der Waals surface area contributed by atoms with Crippen LogP contribution >= 0.6 is 0 Å². The second kappa shape index (κ2) is 29.0. The largest absolute Gasteiger partial charge is 0.316 e. The molecule has 0 aliphatic carbocycles. The Labute approximate surface area is 204 Å². The highest BCUT2D eigenvalue weighted by Crippen LogP contribution is 2.14. The van der Waals surface area contributed by atoms with Crippen LogP contribution in [-0.4, -0.2) is 12.7 Å². The van der Waals surface area contributed by atoms with Gasteiger partial charge in [0.2, 0.25) is 0 Å². The Hall–Kier alpha value is -0.0800. The van der Waals surface area contributed by atoms with Crippen LogP contribution in [0.15, 0.2) is 0 Å². The molecule has 0 amide bonds. The van der Waals surface area contributed by atoms with Crippen molar-refractivity contribution in [2.75, 3.05) is 6.54 Å². The number of unbranched alkanes of at least 4 members (excludes halogenated alkanes) is 23. The summed E-state index contributed by atoms with van der Waals surface area (Å²) in [7, 11) is 0. The zero-order chi connectivity index (χ0) is 23.4. The smallest absolute Gasteiger partial charge is 0.0546 e. The summed E-state index contributed by atoms with van der Waals surface area (Å²) in [4.78, 5) is 0. The first-order valence-electron chi connectivity index (χ1n) is 15.3. The van der Waals surface area contributed by atoms with Crippen LogP contribution in [-0.2, 0) is 0 Å². The highest BCUT2D eigenvalue weighted by atomic mass is 15.0. The lowest BCUT2D eigenvalue weighted by Crippen LogP contribution is -2.37. The lowest BCUT2D eigenvalue weighted by molar-refractivity contribution is 0.449. The number of rotatable bonds is 28. The number of nitrogens with two attached hydrogens (primary N) is 1. The topological polar surface area (TPSA) is 38.0 Å². The average Bonchev–Trinajstić information content (AvgIpc) is 2.80. The third-order valence-electron chi connectivity index (χ3n) is 7.06. The van der Waals surface area contributed by atoms with Gasteiger partial charge in [0.25, 0.3) is 0 Å². The molecule has 0 spiro atoms. The summed E-state index contributed by atoms with van der Waals surface area (Å²) in [5, 5.41) is 3.54. The van der Waals surface area contributed by atoms with Crippen LogP contribution in [0.3, 0.4) is 0 Å². The Morgan fingerprint density at radius 2 is 0.688 bits per heavy atom. The second-order valence-corrected chi connectivity index (χ2v) is 10.5. The van der Waals surface area contributed by atoms with E-state index in [2.05, 4.69) is 19.2 Å². The van der Waals surface area contributed by atoms with Crippen LogP contribution in [0.1, 0.15) is 181 Å². The first kappa shape index (κ1) is 31.9. The fourth-order valence-corrected chi connectivity index (χ4v) is 4.74. The molecule has 32 heavy (non-hydrogen) atoms. The van der Waals surface area contributed by atoms with Gasteiger partial charge in [-0.1, -0.05) is 168 Å². The van der Waals surface area contributed by atoms with E-state index in [1.165, 1.54) is 161 Å². The van der Waals surface area contributed by atoms with E-state index in [1.54, 1.807) is 0 Å². The van der Waals surface area contributed by atoms with Gasteiger partial charge in [0.1, 0.15) is 0 Å². The summed E-state index contributed by atoms with van der Waals surface area (Å²) < 4.78 is 0. The highest BCUT2D eigenvalue weighted by molar-refractivity contribution is 4.60. The predicted molar refractivity (Wildman–Crippen MR) is 147 cm³/mol. The normalized spacial score (nSPS) is 12.5. The molecule has 0 aromatic rings. The molecule has 0 radical (unpaired) electrons. The van der Waals surface area contributed by atoms with Crippen LogP contribution in [0.5, 0.6) is 0 Å². The van der Waals surface area contributed by atoms with Gasteiger partial charge in [0.05, 0.1) is 6.17 Å². The van der Waals surface area contributed by atoms with Gasteiger partial charge < -0.3 is 11.1 Å². The van der Waals surface area contributed by atoms with E-state index in [4.69, 9.17) is 5.73 Å². The van der Waals surface area contributed by atoms with Gasteiger partial charge in [-0.3, -0.25) is 0 Å². The molecule has 0 saturated heterocycles. The summed E-state index contributed by atoms with van der Waals surface area (Å²) in [6.07, 6.45) is 36.9. The summed E-state index contributed by atoms with van der Waals surface area (Å²) in [6.45, 7) is 5.70. The van der Waals surface area contributed by atoms with Crippen molar-refractivity contribution in [3.63, 3.8) is 0 Å². The number of nitrogens with one attached hydrogen (secondary N) is 1. The summed E-state index contributed by atoms with van der Waals surface area (Å²) in [5.41, 5.74) is 6.24. The summed E-state index contributed by atoms with van der Waals surface area (Å²) in [6, 6.07) is 0. The molecule has 0 saturated carbocycles. The van der Waals surface area contributed by atoms with Gasteiger partial charge >= 0.3 is 0 Å². The molecule has 0 aromatic heterocycles. The van der Waals surface area contributed by atoms with Crippen molar-refractivity contribution in [1.82, 2.24) is 5.32 Å². The Bertz CT molecular complexity index is 288. The summed E-state index contributed by atoms with van der Waals surface area (Å²) >= 11 is 0. The molecule has 0 bridgehead atoms. The van der Waals surface area contributed by atoms with E-state index in [0.29, 0.717) is 0 Å². The molecule has 1 atom stereocenters. The maximum Gasteiger partial charge on any atom is 0.0546 e. The van der Waals surface area contributed by atoms with Gasteiger partial charge in [0, 0.05) is 0 Å². The molecule has 2 nitrogen and oxygen atoms in total. The minimum absolute atomic E-state index is 0.218. The SMILES string of the molecule is CCCCCCCCCCCCCCCC(N)NCCCCCCCCCCCCCC. The Balaban J connectivity index is 3.13. The molecule has 3 N–H and O–H groups in total. The Morgan fingerprint density at radius 1 is 0.406 bits per heavy atom. The van der Waals surface area contributed by atoms with Gasteiger partial charge in [-0.25, -0.2) is 0 Å². The number of hydrogen-bond acceptors (Lipinski definition) is 2. The van der Waals surface area contributed by atoms with Crippen LogP contribution in [0, 0.1) is 0 Å². The van der Waals surface area contributed by atoms with E-state index in [9.17, 15) is 0 Å². The van der Waals surface area contributed by atoms with Crippen molar-refractivity contribution in [2.45, 2.75) is 187 Å². The third-order valence-corrected chi connectivity index (χ3v) is 7.06. The molecule has 0 heterocycles. The Morgan fingerprint density at radius 3 is 1.03 bits per heavy atom. The molecule has 194 valence electrons. The molecular formula is C30H64N2. The maximum atomic E-state index is 6.24. The quantitative estimate of drug-likeness (QED) is 0.0915. The maximum absolute atomic E-state index is 6.24. The van der Waals surface area contributed by atoms with E-state index >= 15 is 0 Å². The fraction of sp³-hybridized carbons (Fsp3) is 1.00. The molecule has 0 aliphatic rings. The monoisotopic (exact) mass is 453 g/mol. The zero-order valence-electron chi connectivity index (χ0n) is 22.7. The van der Waals surface area contributed by atoms with Crippen LogP contribution < -0.4 is 11.1 Å². The van der Waals surface area contributed by atoms with Crippen LogP contribution in [0.25, 0.3) is 0 Å². The predicted octanol–water partition coefficient (Wildman–Crippen LogP) is 10.0. The van der Waals surface area contributed by atoms with Crippen molar-refractivity contribution >= 4 is 0 Å². The lowest BCUT2D eigenvalue weighted by atomic mass is 10.0. The fourth-order valence-electron chi connectivity index (χ4n) is 4.74. The molecular weight excluding hydrogens is 388 g/mol. The van der Waals surface area contributed by atoms with Gasteiger partial charge in [-0.15, -0.1) is 0 Å². The molecule has 0 rings (SSSR count). The van der Waals surface area contributed by atoms with Crippen molar-refractivity contribution in [3.05, 3.63) is 0 Å². The number of hydrogen-bond donors (Lipinski definition) is 2. The molecule has 0 aromatic carbocycles. The first-order chi connectivity index (χ1) is 15.8. The minimum Gasteiger partial charge on any atom is -0.316 e. The van der Waals surface area contributed by atoms with Gasteiger partial charge in [-0.2, -0.15) is 0 Å².